The Labute approximate surface area is 184 Å². The molecule has 164 valence electrons. The predicted octanol–water partition coefficient (Wildman–Crippen LogP) is 4.22. The molecular weight excluding hydrogens is 410 g/mol. The highest BCUT2D eigenvalue weighted by atomic mass is 32.2. The molecule has 0 saturated carbocycles. The lowest BCUT2D eigenvalue weighted by Crippen LogP contribution is -2.46. The van der Waals surface area contributed by atoms with Gasteiger partial charge in [-0.05, 0) is 55.8 Å². The van der Waals surface area contributed by atoms with Crippen molar-refractivity contribution in [3.8, 4) is 5.75 Å². The zero-order chi connectivity index (χ0) is 22.1. The van der Waals surface area contributed by atoms with Gasteiger partial charge in [0.15, 0.2) is 9.84 Å². The lowest BCUT2D eigenvalue weighted by Gasteiger charge is -2.30. The topological polar surface area (TPSA) is 64.6 Å². The summed E-state index contributed by atoms with van der Waals surface area (Å²) in [5, 5.41) is 4.49. The Bertz CT molecular complexity index is 1140. The number of hydrogen-bond acceptors (Lipinski definition) is 5. The number of benzene rings is 3. The van der Waals surface area contributed by atoms with Crippen LogP contribution in [-0.2, 0) is 14.6 Å². The second-order valence-corrected chi connectivity index (χ2v) is 11.0. The first-order valence-electron chi connectivity index (χ1n) is 10.6. The average Bonchev–Trinajstić information content (AvgIpc) is 3.14. The first-order valence-corrected chi connectivity index (χ1v) is 12.1. The van der Waals surface area contributed by atoms with Crippen molar-refractivity contribution < 1.29 is 17.9 Å². The Hall–Kier alpha value is -2.41. The van der Waals surface area contributed by atoms with E-state index in [1.807, 2.05) is 81.4 Å². The minimum Gasteiger partial charge on any atom is -0.492 e. The molecule has 1 heterocycles. The van der Waals surface area contributed by atoms with Crippen LogP contribution < -0.4 is 10.1 Å². The maximum Gasteiger partial charge on any atom is 0.185 e. The van der Waals surface area contributed by atoms with E-state index in [0.29, 0.717) is 17.2 Å². The maximum absolute atomic E-state index is 13.8. The van der Waals surface area contributed by atoms with E-state index in [1.54, 1.807) is 12.1 Å². The highest BCUT2D eigenvalue weighted by Crippen LogP contribution is 2.31. The highest BCUT2D eigenvalue weighted by molar-refractivity contribution is 7.92. The van der Waals surface area contributed by atoms with E-state index in [2.05, 4.69) is 5.32 Å². The Morgan fingerprint density at radius 3 is 2.32 bits per heavy atom. The van der Waals surface area contributed by atoms with E-state index in [4.69, 9.17) is 9.47 Å². The Morgan fingerprint density at radius 1 is 0.935 bits per heavy atom. The molecule has 3 aromatic rings. The second-order valence-electron chi connectivity index (χ2n) is 8.93. The molecule has 5 nitrogen and oxygen atoms in total. The molecule has 1 N–H and O–H groups in total. The van der Waals surface area contributed by atoms with Gasteiger partial charge in [0.05, 0.1) is 22.6 Å². The van der Waals surface area contributed by atoms with Crippen molar-refractivity contribution in [2.24, 2.45) is 0 Å². The molecular formula is C25H29NO4S. The molecule has 0 spiro atoms. The van der Waals surface area contributed by atoms with Crippen LogP contribution in [-0.4, -0.2) is 44.6 Å². The summed E-state index contributed by atoms with van der Waals surface area (Å²) in [5.74, 6) is 0.714. The van der Waals surface area contributed by atoms with E-state index in [0.717, 1.165) is 10.8 Å². The van der Waals surface area contributed by atoms with Crippen LogP contribution in [0.4, 0.5) is 0 Å². The SMILES string of the molecule is CC(C)(C)OC1CNC(COc2ccccc2)[C@@H]1S(=O)(=O)c1ccc2ccccc2c1. The van der Waals surface area contributed by atoms with Crippen LogP contribution >= 0.6 is 0 Å². The van der Waals surface area contributed by atoms with E-state index in [9.17, 15) is 8.42 Å². The van der Waals surface area contributed by atoms with Crippen molar-refractivity contribution in [1.29, 1.82) is 0 Å². The molecule has 0 amide bonds. The summed E-state index contributed by atoms with van der Waals surface area (Å²) in [6.45, 7) is 6.53. The predicted molar refractivity (Wildman–Crippen MR) is 123 cm³/mol. The van der Waals surface area contributed by atoms with E-state index < -0.39 is 26.8 Å². The van der Waals surface area contributed by atoms with E-state index in [-0.39, 0.29) is 12.6 Å². The summed E-state index contributed by atoms with van der Waals surface area (Å²) in [5.41, 5.74) is -0.460. The Morgan fingerprint density at radius 2 is 1.61 bits per heavy atom. The molecule has 4 rings (SSSR count). The molecule has 31 heavy (non-hydrogen) atoms. The van der Waals surface area contributed by atoms with Crippen molar-refractivity contribution in [2.45, 2.75) is 48.7 Å². The molecule has 0 bridgehead atoms. The fraction of sp³-hybridized carbons (Fsp3) is 0.360. The summed E-state index contributed by atoms with van der Waals surface area (Å²) in [4.78, 5) is 0.312. The Balaban J connectivity index is 1.66. The van der Waals surface area contributed by atoms with Gasteiger partial charge in [-0.2, -0.15) is 0 Å². The van der Waals surface area contributed by atoms with E-state index in [1.165, 1.54) is 0 Å². The molecule has 1 fully saturated rings. The van der Waals surface area contributed by atoms with Crippen molar-refractivity contribution in [3.05, 3.63) is 72.8 Å². The zero-order valence-corrected chi connectivity index (χ0v) is 18.9. The number of hydrogen-bond donors (Lipinski definition) is 1. The summed E-state index contributed by atoms with van der Waals surface area (Å²) in [6, 6.07) is 22.1. The Kier molecular flexibility index (Phi) is 6.06. The second kappa shape index (κ2) is 8.61. The lowest BCUT2D eigenvalue weighted by atomic mass is 10.1. The van der Waals surface area contributed by atoms with Crippen LogP contribution in [0.1, 0.15) is 20.8 Å². The molecule has 3 aromatic carbocycles. The highest BCUT2D eigenvalue weighted by Gasteiger charge is 2.47. The summed E-state index contributed by atoms with van der Waals surface area (Å²) < 4.78 is 39.8. The summed E-state index contributed by atoms with van der Waals surface area (Å²) in [7, 11) is -3.67. The quantitative estimate of drug-likeness (QED) is 0.623. The van der Waals surface area contributed by atoms with E-state index >= 15 is 0 Å². The standard InChI is InChI=1S/C25H29NO4S/c1-25(2,3)30-23-16-26-22(17-29-20-11-5-4-6-12-20)24(23)31(27,28)21-14-13-18-9-7-8-10-19(18)15-21/h4-15,22-24,26H,16-17H2,1-3H3/t22?,23?,24-/m0/s1. The molecule has 2 unspecified atom stereocenters. The van der Waals surface area contributed by atoms with Crippen molar-refractivity contribution in [2.75, 3.05) is 13.2 Å². The van der Waals surface area contributed by atoms with Gasteiger partial charge >= 0.3 is 0 Å². The molecule has 1 aliphatic heterocycles. The number of para-hydroxylation sites is 1. The molecule has 0 radical (unpaired) electrons. The van der Waals surface area contributed by atoms with Gasteiger partial charge in [0.25, 0.3) is 0 Å². The van der Waals surface area contributed by atoms with Crippen LogP contribution in [0.2, 0.25) is 0 Å². The number of sulfone groups is 1. The fourth-order valence-electron chi connectivity index (χ4n) is 4.10. The van der Waals surface area contributed by atoms with Gasteiger partial charge in [-0.1, -0.05) is 48.5 Å². The third kappa shape index (κ3) is 4.92. The molecule has 1 saturated heterocycles. The molecule has 6 heteroatoms. The monoisotopic (exact) mass is 439 g/mol. The largest absolute Gasteiger partial charge is 0.492 e. The number of rotatable bonds is 6. The van der Waals surface area contributed by atoms with Crippen molar-refractivity contribution >= 4 is 20.6 Å². The van der Waals surface area contributed by atoms with Crippen LogP contribution in [0.3, 0.4) is 0 Å². The molecule has 0 aromatic heterocycles. The molecule has 0 aliphatic carbocycles. The third-order valence-electron chi connectivity index (χ3n) is 5.43. The van der Waals surface area contributed by atoms with Gasteiger partial charge in [0.2, 0.25) is 0 Å². The number of fused-ring (bicyclic) bond motifs is 1. The first kappa shape index (κ1) is 21.8. The van der Waals surface area contributed by atoms with Crippen molar-refractivity contribution in [3.63, 3.8) is 0 Å². The molecule has 1 aliphatic rings. The minimum atomic E-state index is -3.67. The summed E-state index contributed by atoms with van der Waals surface area (Å²) >= 11 is 0. The third-order valence-corrected chi connectivity index (χ3v) is 7.69. The normalized spacial score (nSPS) is 22.0. The van der Waals surface area contributed by atoms with Crippen LogP contribution in [0.5, 0.6) is 5.75 Å². The fourth-order valence-corrected chi connectivity index (χ4v) is 6.12. The smallest absolute Gasteiger partial charge is 0.185 e. The average molecular weight is 440 g/mol. The van der Waals surface area contributed by atoms with Gasteiger partial charge in [-0.3, -0.25) is 0 Å². The first-order chi connectivity index (χ1) is 14.7. The summed E-state index contributed by atoms with van der Waals surface area (Å²) in [6.07, 6.45) is -0.471. The van der Waals surface area contributed by atoms with Crippen LogP contribution in [0, 0.1) is 0 Å². The van der Waals surface area contributed by atoms with Gasteiger partial charge in [0.1, 0.15) is 17.6 Å². The minimum absolute atomic E-state index is 0.242. The lowest BCUT2D eigenvalue weighted by molar-refractivity contribution is -0.0497. The van der Waals surface area contributed by atoms with Crippen LogP contribution in [0.15, 0.2) is 77.7 Å². The van der Waals surface area contributed by atoms with Crippen molar-refractivity contribution in [1.82, 2.24) is 5.32 Å². The van der Waals surface area contributed by atoms with Crippen LogP contribution in [0.25, 0.3) is 10.8 Å². The van der Waals surface area contributed by atoms with Gasteiger partial charge in [0, 0.05) is 6.54 Å². The maximum atomic E-state index is 13.8. The van der Waals surface area contributed by atoms with Gasteiger partial charge in [-0.15, -0.1) is 0 Å². The zero-order valence-electron chi connectivity index (χ0n) is 18.1. The number of nitrogens with one attached hydrogen (secondary N) is 1. The van der Waals surface area contributed by atoms with Gasteiger partial charge < -0.3 is 14.8 Å². The van der Waals surface area contributed by atoms with Gasteiger partial charge in [-0.25, -0.2) is 8.42 Å². The number of ether oxygens (including phenoxy) is 2. The molecule has 3 atom stereocenters.